The number of nitrogens with zero attached hydrogens (tertiary/aromatic N) is 3. The fourth-order valence-corrected chi connectivity index (χ4v) is 4.81. The number of anilines is 1. The van der Waals surface area contributed by atoms with Crippen LogP contribution in [0.4, 0.5) is 5.69 Å². The highest BCUT2D eigenvalue weighted by Gasteiger charge is 2.28. The fraction of sp³-hybridized carbons (Fsp3) is 0.0385. The van der Waals surface area contributed by atoms with Gasteiger partial charge in [-0.15, -0.1) is 0 Å². The third-order valence-electron chi connectivity index (χ3n) is 4.97. The van der Waals surface area contributed by atoms with Crippen molar-refractivity contribution in [1.82, 2.24) is 10.4 Å². The molecule has 0 unspecified atom stereocenters. The lowest BCUT2D eigenvalue weighted by atomic mass is 10.1. The van der Waals surface area contributed by atoms with Gasteiger partial charge in [0.05, 0.1) is 34.6 Å². The number of pyridine rings is 1. The highest BCUT2D eigenvalue weighted by Crippen LogP contribution is 2.29. The molecule has 4 aromatic rings. The summed E-state index contributed by atoms with van der Waals surface area (Å²) in [7, 11) is -3.97. The minimum absolute atomic E-state index is 0.0551. The van der Waals surface area contributed by atoms with Gasteiger partial charge in [0.1, 0.15) is 0 Å². The second kappa shape index (κ2) is 10.5. The summed E-state index contributed by atoms with van der Waals surface area (Å²) in [6, 6.07) is 29.3. The van der Waals surface area contributed by atoms with E-state index in [-0.39, 0.29) is 22.7 Å². The molecule has 170 valence electrons. The topological polar surface area (TPSA) is 91.7 Å². The van der Waals surface area contributed by atoms with Crippen LogP contribution >= 0.6 is 0 Å². The first-order valence-corrected chi connectivity index (χ1v) is 11.9. The Kier molecular flexibility index (Phi) is 7.10. The lowest BCUT2D eigenvalue weighted by molar-refractivity contribution is 0.0955. The van der Waals surface area contributed by atoms with Crippen LogP contribution in [0.3, 0.4) is 0 Å². The second-order valence-corrected chi connectivity index (χ2v) is 9.14. The van der Waals surface area contributed by atoms with Gasteiger partial charge in [-0.1, -0.05) is 66.7 Å². The number of amides is 1. The van der Waals surface area contributed by atoms with Gasteiger partial charge in [0.2, 0.25) is 0 Å². The van der Waals surface area contributed by atoms with Crippen LogP contribution in [0, 0.1) is 0 Å². The number of benzene rings is 3. The van der Waals surface area contributed by atoms with Gasteiger partial charge in [-0.05, 0) is 42.0 Å². The summed E-state index contributed by atoms with van der Waals surface area (Å²) in [4.78, 5) is 17.3. The van der Waals surface area contributed by atoms with Gasteiger partial charge in [0, 0.05) is 6.20 Å². The van der Waals surface area contributed by atoms with Crippen molar-refractivity contribution in [3.8, 4) is 0 Å². The van der Waals surface area contributed by atoms with E-state index in [0.29, 0.717) is 5.69 Å². The van der Waals surface area contributed by atoms with E-state index in [1.165, 1.54) is 22.7 Å². The largest absolute Gasteiger partial charge is 0.273 e. The van der Waals surface area contributed by atoms with E-state index in [2.05, 4.69) is 15.5 Å². The SMILES string of the molecule is O=C(N/N=C\c1ccccn1)c1ccccc1N(Cc1ccccc1)S(=O)(=O)c1ccccc1. The van der Waals surface area contributed by atoms with E-state index in [4.69, 9.17) is 0 Å². The maximum atomic E-state index is 13.7. The number of hydrogen-bond acceptors (Lipinski definition) is 5. The Balaban J connectivity index is 1.71. The van der Waals surface area contributed by atoms with Crippen molar-refractivity contribution >= 4 is 27.8 Å². The smallest absolute Gasteiger partial charge is 0.267 e. The first-order chi connectivity index (χ1) is 16.6. The Morgan fingerprint density at radius 3 is 2.21 bits per heavy atom. The highest BCUT2D eigenvalue weighted by molar-refractivity contribution is 7.92. The number of aromatic nitrogens is 1. The lowest BCUT2D eigenvalue weighted by Gasteiger charge is -2.26. The standard InChI is InChI=1S/C26H22N4O3S/c31-26(29-28-19-22-13-9-10-18-27-22)24-16-7-8-17-25(24)30(20-21-11-3-1-4-12-21)34(32,33)23-14-5-2-6-15-23/h1-19H,20H2,(H,29,31)/b28-19-. The maximum Gasteiger partial charge on any atom is 0.273 e. The number of sulfonamides is 1. The summed E-state index contributed by atoms with van der Waals surface area (Å²) in [6.07, 6.45) is 3.04. The fourth-order valence-electron chi connectivity index (χ4n) is 3.32. The van der Waals surface area contributed by atoms with Crippen LogP contribution in [0.25, 0.3) is 0 Å². The Bertz CT molecular complexity index is 1380. The molecule has 3 aromatic carbocycles. The van der Waals surface area contributed by atoms with Gasteiger partial charge in [0.25, 0.3) is 15.9 Å². The molecule has 0 radical (unpaired) electrons. The van der Waals surface area contributed by atoms with Crippen molar-refractivity contribution in [1.29, 1.82) is 0 Å². The molecule has 34 heavy (non-hydrogen) atoms. The minimum atomic E-state index is -3.97. The van der Waals surface area contributed by atoms with Crippen molar-refractivity contribution in [2.75, 3.05) is 4.31 Å². The number of rotatable bonds is 8. The molecule has 4 rings (SSSR count). The van der Waals surface area contributed by atoms with Gasteiger partial charge in [0.15, 0.2) is 0 Å². The molecule has 0 saturated heterocycles. The van der Waals surface area contributed by atoms with Gasteiger partial charge < -0.3 is 0 Å². The van der Waals surface area contributed by atoms with Crippen LogP contribution in [0.15, 0.2) is 119 Å². The monoisotopic (exact) mass is 470 g/mol. The Hall–Kier alpha value is -4.30. The van der Waals surface area contributed by atoms with E-state index in [0.717, 1.165) is 5.56 Å². The lowest BCUT2D eigenvalue weighted by Crippen LogP contribution is -2.33. The van der Waals surface area contributed by atoms with Gasteiger partial charge in [-0.25, -0.2) is 13.8 Å². The normalized spacial score (nSPS) is 11.3. The van der Waals surface area contributed by atoms with Crippen molar-refractivity contribution in [2.24, 2.45) is 5.10 Å². The Morgan fingerprint density at radius 1 is 0.853 bits per heavy atom. The zero-order valence-corrected chi connectivity index (χ0v) is 19.0. The molecule has 8 heteroatoms. The summed E-state index contributed by atoms with van der Waals surface area (Å²) >= 11 is 0. The average Bonchev–Trinajstić information content (AvgIpc) is 2.89. The van der Waals surface area contributed by atoms with Crippen LogP contribution < -0.4 is 9.73 Å². The molecule has 1 heterocycles. The predicted molar refractivity (Wildman–Crippen MR) is 132 cm³/mol. The molecule has 0 aliphatic carbocycles. The molecular weight excluding hydrogens is 448 g/mol. The van der Waals surface area contributed by atoms with Gasteiger partial charge in [-0.2, -0.15) is 5.10 Å². The number of nitrogens with one attached hydrogen (secondary N) is 1. The number of para-hydroxylation sites is 1. The van der Waals surface area contributed by atoms with E-state index in [9.17, 15) is 13.2 Å². The van der Waals surface area contributed by atoms with Crippen LogP contribution in [-0.4, -0.2) is 25.5 Å². The average molecular weight is 471 g/mol. The third kappa shape index (κ3) is 5.36. The summed E-state index contributed by atoms with van der Waals surface area (Å²) in [5.41, 5.74) is 4.25. The molecule has 0 atom stereocenters. The molecule has 1 aromatic heterocycles. The predicted octanol–water partition coefficient (Wildman–Crippen LogP) is 4.24. The minimum Gasteiger partial charge on any atom is -0.267 e. The van der Waals surface area contributed by atoms with Gasteiger partial charge in [-0.3, -0.25) is 14.1 Å². The molecule has 1 amide bonds. The summed E-state index contributed by atoms with van der Waals surface area (Å²) in [5.74, 6) is -0.538. The number of hydrazone groups is 1. The van der Waals surface area contributed by atoms with Crippen LogP contribution in [-0.2, 0) is 16.6 Å². The molecule has 7 nitrogen and oxygen atoms in total. The molecule has 0 bridgehead atoms. The van der Waals surface area contributed by atoms with Crippen LogP contribution in [0.1, 0.15) is 21.6 Å². The molecule has 0 fully saturated rings. The van der Waals surface area contributed by atoms with E-state index < -0.39 is 15.9 Å². The van der Waals surface area contributed by atoms with Gasteiger partial charge >= 0.3 is 0 Å². The molecule has 0 saturated carbocycles. The van der Waals surface area contributed by atoms with Crippen molar-refractivity contribution in [3.63, 3.8) is 0 Å². The van der Waals surface area contributed by atoms with Crippen molar-refractivity contribution in [2.45, 2.75) is 11.4 Å². The zero-order valence-electron chi connectivity index (χ0n) is 18.2. The van der Waals surface area contributed by atoms with E-state index in [1.807, 2.05) is 30.3 Å². The zero-order chi connectivity index (χ0) is 23.8. The third-order valence-corrected chi connectivity index (χ3v) is 6.74. The molecule has 1 N–H and O–H groups in total. The summed E-state index contributed by atoms with van der Waals surface area (Å²) in [5, 5.41) is 3.97. The second-order valence-electron chi connectivity index (χ2n) is 7.28. The molecule has 0 aliphatic rings. The van der Waals surface area contributed by atoms with Crippen molar-refractivity contribution in [3.05, 3.63) is 126 Å². The van der Waals surface area contributed by atoms with Crippen LogP contribution in [0.5, 0.6) is 0 Å². The highest BCUT2D eigenvalue weighted by atomic mass is 32.2. The quantitative estimate of drug-likeness (QED) is 0.308. The maximum absolute atomic E-state index is 13.7. The number of carbonyl (C=O) groups excluding carboxylic acids is 1. The first kappa shape index (κ1) is 22.9. The van der Waals surface area contributed by atoms with E-state index >= 15 is 0 Å². The molecular formula is C26H22N4O3S. The Morgan fingerprint density at radius 2 is 1.50 bits per heavy atom. The molecule has 0 spiro atoms. The summed E-state index contributed by atoms with van der Waals surface area (Å²) in [6.45, 7) is 0.0551. The van der Waals surface area contributed by atoms with Crippen LogP contribution in [0.2, 0.25) is 0 Å². The Labute approximate surface area is 198 Å². The molecule has 0 aliphatic heterocycles. The first-order valence-electron chi connectivity index (χ1n) is 10.5. The number of carbonyl (C=O) groups is 1. The summed E-state index contributed by atoms with van der Waals surface area (Å²) < 4.78 is 28.6. The van der Waals surface area contributed by atoms with Crippen molar-refractivity contribution < 1.29 is 13.2 Å². The van der Waals surface area contributed by atoms with E-state index in [1.54, 1.807) is 66.9 Å². The number of hydrogen-bond donors (Lipinski definition) is 1.